The van der Waals surface area contributed by atoms with Gasteiger partial charge in [-0.2, -0.15) is 0 Å². The van der Waals surface area contributed by atoms with Crippen molar-refractivity contribution in [3.05, 3.63) is 12.2 Å². The normalized spacial score (nSPS) is 11.3. The van der Waals surface area contributed by atoms with Gasteiger partial charge in [0.2, 0.25) is 0 Å². The Morgan fingerprint density at radius 3 is 0.964 bits per heavy atom. The third-order valence-electron chi connectivity index (χ3n) is 5.19. The third kappa shape index (κ3) is 24.7. The molecule has 0 aromatic heterocycles. The molecule has 2 N–H and O–H groups in total. The highest BCUT2D eigenvalue weighted by Gasteiger charge is 1.97. The third-order valence-corrected chi connectivity index (χ3v) is 5.19. The first kappa shape index (κ1) is 26.7. The molecule has 4 nitrogen and oxygen atoms in total. The van der Waals surface area contributed by atoms with Crippen molar-refractivity contribution in [3.63, 3.8) is 0 Å². The Hall–Kier alpha value is -1.32. The highest BCUT2D eigenvalue weighted by molar-refractivity contribution is 5.66. The summed E-state index contributed by atoms with van der Waals surface area (Å²) in [6.45, 7) is 0. The summed E-state index contributed by atoms with van der Waals surface area (Å²) in [5, 5.41) is 17.1. The number of hydrogen-bond donors (Lipinski definition) is 2. The highest BCUT2D eigenvalue weighted by Crippen LogP contribution is 2.12. The van der Waals surface area contributed by atoms with Gasteiger partial charge < -0.3 is 10.2 Å². The topological polar surface area (TPSA) is 74.6 Å². The zero-order chi connectivity index (χ0) is 20.7. The van der Waals surface area contributed by atoms with Crippen LogP contribution in [-0.4, -0.2) is 22.2 Å². The molecule has 0 rings (SSSR count). The molecule has 0 spiro atoms. The Morgan fingerprint density at radius 2 is 0.679 bits per heavy atom. The monoisotopic (exact) mass is 396 g/mol. The number of rotatable bonds is 22. The molecule has 0 aromatic rings. The molecule has 0 aliphatic heterocycles. The second-order valence-electron chi connectivity index (χ2n) is 7.99. The maximum Gasteiger partial charge on any atom is 0.303 e. The van der Waals surface area contributed by atoms with E-state index in [-0.39, 0.29) is 0 Å². The van der Waals surface area contributed by atoms with E-state index in [1.165, 1.54) is 89.9 Å². The second-order valence-corrected chi connectivity index (χ2v) is 7.99. The van der Waals surface area contributed by atoms with Gasteiger partial charge in [0, 0.05) is 12.8 Å². The fourth-order valence-corrected chi connectivity index (χ4v) is 3.43. The van der Waals surface area contributed by atoms with E-state index in [2.05, 4.69) is 12.2 Å². The maximum absolute atomic E-state index is 10.4. The average molecular weight is 397 g/mol. The van der Waals surface area contributed by atoms with Crippen molar-refractivity contribution < 1.29 is 19.8 Å². The van der Waals surface area contributed by atoms with Crippen molar-refractivity contribution in [3.8, 4) is 0 Å². The molecule has 0 atom stereocenters. The smallest absolute Gasteiger partial charge is 0.303 e. The summed E-state index contributed by atoms with van der Waals surface area (Å²) in [5.74, 6) is -1.34. The van der Waals surface area contributed by atoms with Crippen LogP contribution in [0.4, 0.5) is 0 Å². The molecular weight excluding hydrogens is 352 g/mol. The molecule has 0 unspecified atom stereocenters. The molecule has 0 bridgehead atoms. The van der Waals surface area contributed by atoms with Gasteiger partial charge in [-0.1, -0.05) is 89.2 Å². The summed E-state index contributed by atoms with van der Waals surface area (Å²) in [5.41, 5.74) is 0. The summed E-state index contributed by atoms with van der Waals surface area (Å²) < 4.78 is 0. The molecular formula is C24H44O4. The predicted octanol–water partition coefficient (Wildman–Crippen LogP) is 7.51. The van der Waals surface area contributed by atoms with Gasteiger partial charge in [-0.15, -0.1) is 0 Å². The zero-order valence-electron chi connectivity index (χ0n) is 18.0. The van der Waals surface area contributed by atoms with Crippen LogP contribution in [0.5, 0.6) is 0 Å². The Morgan fingerprint density at radius 1 is 0.429 bits per heavy atom. The Bertz CT molecular complexity index is 390. The van der Waals surface area contributed by atoms with E-state index in [0.717, 1.165) is 25.7 Å². The van der Waals surface area contributed by atoms with Crippen molar-refractivity contribution in [2.45, 2.75) is 128 Å². The van der Waals surface area contributed by atoms with Crippen LogP contribution in [0.3, 0.4) is 0 Å². The Labute approximate surface area is 172 Å². The lowest BCUT2D eigenvalue weighted by molar-refractivity contribution is -0.138. The average Bonchev–Trinajstić information content (AvgIpc) is 2.65. The fraction of sp³-hybridized carbons (Fsp3) is 0.833. The second kappa shape index (κ2) is 22.0. The van der Waals surface area contributed by atoms with Gasteiger partial charge in [-0.3, -0.25) is 9.59 Å². The first-order valence-electron chi connectivity index (χ1n) is 11.7. The largest absolute Gasteiger partial charge is 0.481 e. The summed E-state index contributed by atoms with van der Waals surface area (Å²) in [4.78, 5) is 20.8. The van der Waals surface area contributed by atoms with E-state index in [4.69, 9.17) is 10.2 Å². The quantitative estimate of drug-likeness (QED) is 0.147. The number of carboxylic acids is 2. The summed E-state index contributed by atoms with van der Waals surface area (Å²) in [7, 11) is 0. The van der Waals surface area contributed by atoms with E-state index in [9.17, 15) is 9.59 Å². The van der Waals surface area contributed by atoms with Gasteiger partial charge in [-0.05, 0) is 38.5 Å². The molecule has 0 heterocycles. The summed E-state index contributed by atoms with van der Waals surface area (Å²) >= 11 is 0. The van der Waals surface area contributed by atoms with E-state index < -0.39 is 11.9 Å². The van der Waals surface area contributed by atoms with Gasteiger partial charge in [0.05, 0.1) is 0 Å². The van der Waals surface area contributed by atoms with E-state index in [0.29, 0.717) is 12.8 Å². The van der Waals surface area contributed by atoms with Crippen LogP contribution in [-0.2, 0) is 9.59 Å². The van der Waals surface area contributed by atoms with Crippen LogP contribution in [0, 0.1) is 0 Å². The van der Waals surface area contributed by atoms with Gasteiger partial charge >= 0.3 is 11.9 Å². The zero-order valence-corrected chi connectivity index (χ0v) is 18.0. The maximum atomic E-state index is 10.4. The lowest BCUT2D eigenvalue weighted by Gasteiger charge is -2.01. The van der Waals surface area contributed by atoms with Gasteiger partial charge in [-0.25, -0.2) is 0 Å². The Balaban J connectivity index is 3.10. The van der Waals surface area contributed by atoms with Crippen molar-refractivity contribution in [2.75, 3.05) is 0 Å². The number of carbonyl (C=O) groups is 2. The highest BCUT2D eigenvalue weighted by atomic mass is 16.4. The molecule has 0 radical (unpaired) electrons. The fourth-order valence-electron chi connectivity index (χ4n) is 3.43. The van der Waals surface area contributed by atoms with Crippen LogP contribution in [0.2, 0.25) is 0 Å². The van der Waals surface area contributed by atoms with Gasteiger partial charge in [0.15, 0.2) is 0 Å². The SMILES string of the molecule is O=C(O)CCCCCCCCC/C=C/CCCCCCCCCCCC(=O)O. The van der Waals surface area contributed by atoms with Crippen molar-refractivity contribution >= 4 is 11.9 Å². The molecule has 0 saturated heterocycles. The molecule has 164 valence electrons. The first-order valence-corrected chi connectivity index (χ1v) is 11.7. The van der Waals surface area contributed by atoms with Crippen molar-refractivity contribution in [1.29, 1.82) is 0 Å². The first-order chi connectivity index (χ1) is 13.6. The van der Waals surface area contributed by atoms with E-state index in [1.807, 2.05) is 0 Å². The molecule has 0 saturated carbocycles. The number of unbranched alkanes of at least 4 members (excludes halogenated alkanes) is 16. The van der Waals surface area contributed by atoms with Gasteiger partial charge in [0.25, 0.3) is 0 Å². The van der Waals surface area contributed by atoms with E-state index >= 15 is 0 Å². The number of carboxylic acid groups (broad SMARTS) is 2. The minimum atomic E-state index is -0.673. The standard InChI is InChI=1S/C24H44O4/c25-23(26)21-19-17-15-13-11-9-7-5-3-1-2-4-6-8-10-12-14-16-18-20-22-24(27)28/h1,3H,2,4-22H2,(H,25,26)(H,27,28)/b3-1+. The minimum absolute atomic E-state index is 0.320. The predicted molar refractivity (Wildman–Crippen MR) is 117 cm³/mol. The van der Waals surface area contributed by atoms with Crippen LogP contribution in [0.15, 0.2) is 12.2 Å². The lowest BCUT2D eigenvalue weighted by Crippen LogP contribution is -1.93. The van der Waals surface area contributed by atoms with Crippen LogP contribution < -0.4 is 0 Å². The minimum Gasteiger partial charge on any atom is -0.481 e. The number of allylic oxidation sites excluding steroid dienone is 2. The molecule has 28 heavy (non-hydrogen) atoms. The van der Waals surface area contributed by atoms with Crippen molar-refractivity contribution in [2.24, 2.45) is 0 Å². The summed E-state index contributed by atoms with van der Waals surface area (Å²) in [6, 6.07) is 0. The molecule has 0 aliphatic carbocycles. The molecule has 0 amide bonds. The van der Waals surface area contributed by atoms with E-state index in [1.54, 1.807) is 0 Å². The van der Waals surface area contributed by atoms with Crippen LogP contribution >= 0.6 is 0 Å². The number of aliphatic carboxylic acids is 2. The molecule has 4 heteroatoms. The van der Waals surface area contributed by atoms with Crippen LogP contribution in [0.25, 0.3) is 0 Å². The van der Waals surface area contributed by atoms with Crippen molar-refractivity contribution in [1.82, 2.24) is 0 Å². The Kier molecular flexibility index (Phi) is 20.9. The molecule has 0 fully saturated rings. The molecule has 0 aromatic carbocycles. The summed E-state index contributed by atoms with van der Waals surface area (Å²) in [6.07, 6.45) is 26.8. The van der Waals surface area contributed by atoms with Gasteiger partial charge in [0.1, 0.15) is 0 Å². The van der Waals surface area contributed by atoms with Crippen LogP contribution in [0.1, 0.15) is 128 Å². The molecule has 0 aliphatic rings. The number of hydrogen-bond acceptors (Lipinski definition) is 2. The lowest BCUT2D eigenvalue weighted by atomic mass is 10.1.